The first-order valence-electron chi connectivity index (χ1n) is 9.06. The van der Waals surface area contributed by atoms with Gasteiger partial charge in [-0.2, -0.15) is 5.10 Å². The number of aromatic nitrogens is 2. The van der Waals surface area contributed by atoms with Crippen molar-refractivity contribution in [3.63, 3.8) is 0 Å². The number of hydrogen-bond donors (Lipinski definition) is 1. The smallest absolute Gasteiger partial charge is 0.0596 e. The van der Waals surface area contributed by atoms with Crippen LogP contribution in [0.4, 0.5) is 0 Å². The number of nitrogens with zero attached hydrogens (tertiary/aromatic N) is 2. The van der Waals surface area contributed by atoms with E-state index < -0.39 is 0 Å². The summed E-state index contributed by atoms with van der Waals surface area (Å²) in [5.41, 5.74) is 7.84. The second kappa shape index (κ2) is 6.49. The summed E-state index contributed by atoms with van der Waals surface area (Å²) in [6.45, 7) is 8.38. The fourth-order valence-corrected chi connectivity index (χ4v) is 3.91. The second-order valence-corrected chi connectivity index (χ2v) is 7.23. The molecule has 1 unspecified atom stereocenters. The highest BCUT2D eigenvalue weighted by atomic mass is 15.3. The van der Waals surface area contributed by atoms with Gasteiger partial charge in [-0.15, -0.1) is 0 Å². The second-order valence-electron chi connectivity index (χ2n) is 7.23. The quantitative estimate of drug-likeness (QED) is 0.746. The van der Waals surface area contributed by atoms with Crippen LogP contribution >= 0.6 is 0 Å². The van der Waals surface area contributed by atoms with Crippen LogP contribution in [0.3, 0.4) is 0 Å². The third kappa shape index (κ3) is 3.00. The summed E-state index contributed by atoms with van der Waals surface area (Å²) in [5.74, 6) is 0.512. The van der Waals surface area contributed by atoms with E-state index in [9.17, 15) is 0 Å². The molecule has 1 atom stereocenters. The topological polar surface area (TPSA) is 29.9 Å². The number of aryl methyl sites for hydroxylation is 2. The van der Waals surface area contributed by atoms with E-state index in [1.807, 2.05) is 0 Å². The Balaban J connectivity index is 1.50. The van der Waals surface area contributed by atoms with Crippen LogP contribution in [0.25, 0.3) is 11.1 Å². The lowest BCUT2D eigenvalue weighted by Gasteiger charge is -2.20. The standard InChI is InChI=1S/C22H25N3/c1-15(14-25-17(3)12-16(2)24-25)13-23-22-20-10-6-4-8-18(20)19-9-5-7-11-21(19)22/h4-12,15,22-23H,13-14H2,1-3H3. The van der Waals surface area contributed by atoms with Crippen molar-refractivity contribution in [3.8, 4) is 11.1 Å². The van der Waals surface area contributed by atoms with Crippen molar-refractivity contribution in [1.82, 2.24) is 15.1 Å². The van der Waals surface area contributed by atoms with E-state index in [-0.39, 0.29) is 6.04 Å². The lowest BCUT2D eigenvalue weighted by molar-refractivity contribution is 0.405. The normalized spacial score (nSPS) is 14.4. The molecule has 0 amide bonds. The molecule has 3 heteroatoms. The lowest BCUT2D eigenvalue weighted by Crippen LogP contribution is -2.28. The van der Waals surface area contributed by atoms with Crippen LogP contribution in [0.15, 0.2) is 54.6 Å². The number of hydrogen-bond acceptors (Lipinski definition) is 2. The summed E-state index contributed by atoms with van der Waals surface area (Å²) >= 11 is 0. The van der Waals surface area contributed by atoms with Gasteiger partial charge in [0.1, 0.15) is 0 Å². The van der Waals surface area contributed by atoms with Gasteiger partial charge in [-0.05, 0) is 48.1 Å². The largest absolute Gasteiger partial charge is 0.306 e. The Labute approximate surface area is 149 Å². The third-order valence-electron chi connectivity index (χ3n) is 5.09. The molecule has 3 nitrogen and oxygen atoms in total. The molecule has 0 bridgehead atoms. The molecule has 0 radical (unpaired) electrons. The molecule has 2 aromatic carbocycles. The molecule has 0 saturated heterocycles. The van der Waals surface area contributed by atoms with E-state index in [2.05, 4.69) is 90.5 Å². The molecule has 0 aliphatic heterocycles. The van der Waals surface area contributed by atoms with E-state index in [0.717, 1.165) is 18.8 Å². The molecule has 128 valence electrons. The fraction of sp³-hybridized carbons (Fsp3) is 0.318. The minimum Gasteiger partial charge on any atom is -0.306 e. The average molecular weight is 331 g/mol. The van der Waals surface area contributed by atoms with Gasteiger partial charge in [-0.1, -0.05) is 55.5 Å². The zero-order valence-electron chi connectivity index (χ0n) is 15.2. The highest BCUT2D eigenvalue weighted by molar-refractivity contribution is 5.78. The van der Waals surface area contributed by atoms with Crippen LogP contribution in [0.5, 0.6) is 0 Å². The van der Waals surface area contributed by atoms with Gasteiger partial charge in [-0.25, -0.2) is 0 Å². The molecular weight excluding hydrogens is 306 g/mol. The van der Waals surface area contributed by atoms with Gasteiger partial charge in [0.15, 0.2) is 0 Å². The Morgan fingerprint density at radius 2 is 1.60 bits per heavy atom. The highest BCUT2D eigenvalue weighted by Gasteiger charge is 2.27. The summed E-state index contributed by atoms with van der Waals surface area (Å²) < 4.78 is 2.12. The molecule has 1 heterocycles. The number of rotatable bonds is 5. The first kappa shape index (κ1) is 16.1. The van der Waals surface area contributed by atoms with Gasteiger partial charge in [0.25, 0.3) is 0 Å². The Morgan fingerprint density at radius 3 is 2.16 bits per heavy atom. The average Bonchev–Trinajstić information content (AvgIpc) is 3.10. The van der Waals surface area contributed by atoms with Gasteiger partial charge in [-0.3, -0.25) is 4.68 Å². The Bertz CT molecular complexity index is 848. The van der Waals surface area contributed by atoms with Crippen molar-refractivity contribution >= 4 is 0 Å². The molecule has 0 saturated carbocycles. The van der Waals surface area contributed by atoms with Gasteiger partial charge in [0, 0.05) is 18.8 Å². The van der Waals surface area contributed by atoms with Crippen molar-refractivity contribution in [2.45, 2.75) is 33.4 Å². The number of nitrogens with one attached hydrogen (secondary N) is 1. The highest BCUT2D eigenvalue weighted by Crippen LogP contribution is 2.42. The van der Waals surface area contributed by atoms with Gasteiger partial charge >= 0.3 is 0 Å². The maximum atomic E-state index is 4.59. The van der Waals surface area contributed by atoms with Crippen LogP contribution in [0.1, 0.15) is 35.5 Å². The molecule has 1 aromatic heterocycles. The minimum atomic E-state index is 0.287. The Morgan fingerprint density at radius 1 is 1.00 bits per heavy atom. The predicted molar refractivity (Wildman–Crippen MR) is 103 cm³/mol. The maximum absolute atomic E-state index is 4.59. The van der Waals surface area contributed by atoms with Gasteiger partial charge < -0.3 is 5.32 Å². The Hall–Kier alpha value is -2.39. The molecule has 0 fully saturated rings. The van der Waals surface area contributed by atoms with Gasteiger partial charge in [0.05, 0.1) is 11.7 Å². The van der Waals surface area contributed by atoms with Crippen molar-refractivity contribution in [1.29, 1.82) is 0 Å². The van der Waals surface area contributed by atoms with Crippen LogP contribution < -0.4 is 5.32 Å². The molecule has 3 aromatic rings. The number of benzene rings is 2. The summed E-state index contributed by atoms with van der Waals surface area (Å²) in [4.78, 5) is 0. The molecular formula is C22H25N3. The monoisotopic (exact) mass is 331 g/mol. The first-order valence-corrected chi connectivity index (χ1v) is 9.06. The van der Waals surface area contributed by atoms with E-state index in [4.69, 9.17) is 0 Å². The predicted octanol–water partition coefficient (Wildman–Crippen LogP) is 4.50. The van der Waals surface area contributed by atoms with Crippen molar-refractivity contribution in [2.24, 2.45) is 5.92 Å². The first-order chi connectivity index (χ1) is 12.1. The van der Waals surface area contributed by atoms with E-state index in [0.29, 0.717) is 5.92 Å². The summed E-state index contributed by atoms with van der Waals surface area (Å²) in [6.07, 6.45) is 0. The zero-order valence-corrected chi connectivity index (χ0v) is 15.2. The van der Waals surface area contributed by atoms with Crippen molar-refractivity contribution in [2.75, 3.05) is 6.54 Å². The van der Waals surface area contributed by atoms with E-state index in [1.165, 1.54) is 27.9 Å². The summed E-state index contributed by atoms with van der Waals surface area (Å²) in [7, 11) is 0. The van der Waals surface area contributed by atoms with Crippen LogP contribution in [0, 0.1) is 19.8 Å². The van der Waals surface area contributed by atoms with E-state index in [1.54, 1.807) is 0 Å². The number of fused-ring (bicyclic) bond motifs is 3. The molecule has 1 aliphatic carbocycles. The van der Waals surface area contributed by atoms with Crippen LogP contribution in [-0.4, -0.2) is 16.3 Å². The fourth-order valence-electron chi connectivity index (χ4n) is 3.91. The van der Waals surface area contributed by atoms with Crippen molar-refractivity contribution < 1.29 is 0 Å². The summed E-state index contributed by atoms with van der Waals surface area (Å²) in [5, 5.41) is 8.39. The molecule has 4 rings (SSSR count). The summed E-state index contributed by atoms with van der Waals surface area (Å²) in [6, 6.07) is 19.9. The SMILES string of the molecule is Cc1cc(C)n(CC(C)CNC2c3ccccc3-c3ccccc32)n1. The Kier molecular flexibility index (Phi) is 4.18. The molecule has 25 heavy (non-hydrogen) atoms. The van der Waals surface area contributed by atoms with Crippen LogP contribution in [0.2, 0.25) is 0 Å². The van der Waals surface area contributed by atoms with E-state index >= 15 is 0 Å². The minimum absolute atomic E-state index is 0.287. The third-order valence-corrected chi connectivity index (χ3v) is 5.09. The molecule has 1 N–H and O–H groups in total. The lowest BCUT2D eigenvalue weighted by atomic mass is 10.0. The van der Waals surface area contributed by atoms with Gasteiger partial charge in [0.2, 0.25) is 0 Å². The zero-order chi connectivity index (χ0) is 17.4. The molecule has 1 aliphatic rings. The van der Waals surface area contributed by atoms with Crippen molar-refractivity contribution in [3.05, 3.63) is 77.1 Å². The van der Waals surface area contributed by atoms with Crippen LogP contribution in [-0.2, 0) is 6.54 Å². The maximum Gasteiger partial charge on any atom is 0.0596 e. The molecule has 0 spiro atoms.